The van der Waals surface area contributed by atoms with Gasteiger partial charge in [-0.2, -0.15) is 0 Å². The summed E-state index contributed by atoms with van der Waals surface area (Å²) in [5, 5.41) is 0.877. The van der Waals surface area contributed by atoms with E-state index in [1.165, 1.54) is 4.90 Å². The number of ether oxygens (including phenoxy) is 1. The lowest BCUT2D eigenvalue weighted by Crippen LogP contribution is -2.45. The Kier molecular flexibility index (Phi) is 5.48. The highest BCUT2D eigenvalue weighted by molar-refractivity contribution is 5.89. The molecule has 1 aliphatic rings. The van der Waals surface area contributed by atoms with Crippen molar-refractivity contribution in [1.82, 2.24) is 4.90 Å². The quantitative estimate of drug-likeness (QED) is 0.807. The van der Waals surface area contributed by atoms with Crippen molar-refractivity contribution in [3.05, 3.63) is 35.1 Å². The fraction of sp³-hybridized carbons (Fsp3) is 0.450. The molecule has 2 amide bonds. The first-order chi connectivity index (χ1) is 12.9. The number of likely N-dealkylation sites (tertiary alicyclic amines) is 1. The lowest BCUT2D eigenvalue weighted by molar-refractivity contribution is -0.152. The molecule has 0 bridgehead atoms. The zero-order chi connectivity index (χ0) is 19.6. The number of nitrogens with zero attached hydrogens (tertiary/aromatic N) is 1. The summed E-state index contributed by atoms with van der Waals surface area (Å²) >= 11 is 0. The number of hydrogen-bond donors (Lipinski definition) is 1. The Morgan fingerprint density at radius 1 is 1.30 bits per heavy atom. The van der Waals surface area contributed by atoms with Crippen LogP contribution >= 0.6 is 0 Å². The third-order valence-corrected chi connectivity index (χ3v) is 5.21. The second kappa shape index (κ2) is 7.82. The monoisotopic (exact) mass is 372 g/mol. The topological polar surface area (TPSA) is 103 Å². The molecule has 7 heteroatoms. The molecule has 2 heterocycles. The maximum absolute atomic E-state index is 12.2. The van der Waals surface area contributed by atoms with Gasteiger partial charge >= 0.3 is 5.97 Å². The highest BCUT2D eigenvalue weighted by Gasteiger charge is 2.27. The van der Waals surface area contributed by atoms with Crippen molar-refractivity contribution in [2.24, 2.45) is 11.7 Å². The first-order valence-corrected chi connectivity index (χ1v) is 9.05. The van der Waals surface area contributed by atoms with Gasteiger partial charge in [-0.3, -0.25) is 14.4 Å². The third-order valence-electron chi connectivity index (χ3n) is 5.21. The van der Waals surface area contributed by atoms with E-state index in [1.807, 2.05) is 26.0 Å². The molecule has 0 unspecified atom stereocenters. The van der Waals surface area contributed by atoms with Crippen LogP contribution in [-0.4, -0.2) is 42.4 Å². The maximum atomic E-state index is 12.2. The summed E-state index contributed by atoms with van der Waals surface area (Å²) in [6, 6.07) is 3.91. The Labute approximate surface area is 157 Å². The summed E-state index contributed by atoms with van der Waals surface area (Å²) in [5.41, 5.74) is 8.98. The number of carbonyl (C=O) groups is 3. The Morgan fingerprint density at radius 2 is 2.07 bits per heavy atom. The van der Waals surface area contributed by atoms with Crippen LogP contribution in [-0.2, 0) is 25.5 Å². The second-order valence-corrected chi connectivity index (χ2v) is 7.06. The van der Waals surface area contributed by atoms with Crippen molar-refractivity contribution in [3.8, 4) is 0 Å². The van der Waals surface area contributed by atoms with Crippen molar-refractivity contribution in [1.29, 1.82) is 0 Å². The predicted molar refractivity (Wildman–Crippen MR) is 98.8 cm³/mol. The number of amides is 2. The third kappa shape index (κ3) is 4.13. The van der Waals surface area contributed by atoms with Crippen LogP contribution in [0.1, 0.15) is 29.5 Å². The van der Waals surface area contributed by atoms with E-state index in [0.717, 1.165) is 27.7 Å². The van der Waals surface area contributed by atoms with Gasteiger partial charge in [0.2, 0.25) is 5.91 Å². The highest BCUT2D eigenvalue weighted by atomic mass is 16.5. The van der Waals surface area contributed by atoms with E-state index in [9.17, 15) is 14.4 Å². The van der Waals surface area contributed by atoms with Gasteiger partial charge in [-0.15, -0.1) is 0 Å². The van der Waals surface area contributed by atoms with Gasteiger partial charge in [0.25, 0.3) is 5.91 Å². The number of carbonyl (C=O) groups excluding carboxylic acids is 3. The van der Waals surface area contributed by atoms with E-state index in [2.05, 4.69) is 0 Å². The molecule has 3 rings (SSSR count). The van der Waals surface area contributed by atoms with Gasteiger partial charge in [0, 0.05) is 24.0 Å². The molecular weight excluding hydrogens is 348 g/mol. The molecular formula is C20H24N2O5. The van der Waals surface area contributed by atoms with Crippen LogP contribution in [0, 0.1) is 19.8 Å². The summed E-state index contributed by atoms with van der Waals surface area (Å²) < 4.78 is 10.7. The van der Waals surface area contributed by atoms with Gasteiger partial charge in [-0.05, 0) is 37.8 Å². The number of rotatable bonds is 5. The molecule has 0 aliphatic carbocycles. The van der Waals surface area contributed by atoms with E-state index < -0.39 is 11.9 Å². The molecule has 1 aliphatic heterocycles. The number of nitrogens with two attached hydrogens (primary N) is 1. The molecule has 1 aromatic heterocycles. The maximum Gasteiger partial charge on any atom is 0.310 e. The number of piperidine rings is 1. The SMILES string of the molecule is Cc1ccc2c(CC(=O)OCC(=O)N3CCC[C@H](C(N)=O)C3)coc2c1C. The van der Waals surface area contributed by atoms with Gasteiger partial charge in [-0.25, -0.2) is 0 Å². The van der Waals surface area contributed by atoms with Crippen molar-refractivity contribution >= 4 is 28.8 Å². The lowest BCUT2D eigenvalue weighted by atomic mass is 9.97. The van der Waals surface area contributed by atoms with Crippen molar-refractivity contribution in [2.75, 3.05) is 19.7 Å². The molecule has 27 heavy (non-hydrogen) atoms. The summed E-state index contributed by atoms with van der Waals surface area (Å²) in [6.07, 6.45) is 2.99. The van der Waals surface area contributed by atoms with Crippen LogP contribution < -0.4 is 5.73 Å². The number of hydrogen-bond acceptors (Lipinski definition) is 5. The van der Waals surface area contributed by atoms with Gasteiger partial charge in [0.05, 0.1) is 18.6 Å². The first-order valence-electron chi connectivity index (χ1n) is 9.05. The Morgan fingerprint density at radius 3 is 2.81 bits per heavy atom. The fourth-order valence-corrected chi connectivity index (χ4v) is 3.40. The Balaban J connectivity index is 1.56. The number of benzene rings is 1. The summed E-state index contributed by atoms with van der Waals surface area (Å²) in [6.45, 7) is 4.47. The van der Waals surface area contributed by atoms with Crippen LogP contribution in [0.2, 0.25) is 0 Å². The smallest absolute Gasteiger partial charge is 0.310 e. The number of aryl methyl sites for hydroxylation is 2. The highest BCUT2D eigenvalue weighted by Crippen LogP contribution is 2.27. The molecule has 1 atom stereocenters. The number of fused-ring (bicyclic) bond motifs is 1. The minimum absolute atomic E-state index is 0.0344. The average Bonchev–Trinajstić information content (AvgIpc) is 3.06. The summed E-state index contributed by atoms with van der Waals surface area (Å²) in [7, 11) is 0. The van der Waals surface area contributed by atoms with Crippen molar-refractivity contribution < 1.29 is 23.5 Å². The number of primary amides is 1. The molecule has 0 radical (unpaired) electrons. The first kappa shape index (κ1) is 18.9. The van der Waals surface area contributed by atoms with Gasteiger partial charge in [0.15, 0.2) is 6.61 Å². The molecule has 7 nitrogen and oxygen atoms in total. The molecule has 144 valence electrons. The summed E-state index contributed by atoms with van der Waals surface area (Å²) in [4.78, 5) is 37.2. The van der Waals surface area contributed by atoms with Gasteiger partial charge in [-0.1, -0.05) is 12.1 Å². The van der Waals surface area contributed by atoms with E-state index in [0.29, 0.717) is 19.4 Å². The second-order valence-electron chi connectivity index (χ2n) is 7.06. The average molecular weight is 372 g/mol. The summed E-state index contributed by atoms with van der Waals surface area (Å²) in [5.74, 6) is -1.53. The largest absolute Gasteiger partial charge is 0.464 e. The van der Waals surface area contributed by atoms with Crippen LogP contribution in [0.5, 0.6) is 0 Å². The minimum atomic E-state index is -0.493. The molecule has 2 aromatic rings. The predicted octanol–water partition coefficient (Wildman–Crippen LogP) is 1.86. The van der Waals surface area contributed by atoms with E-state index in [4.69, 9.17) is 14.9 Å². The molecule has 0 spiro atoms. The molecule has 1 fully saturated rings. The van der Waals surface area contributed by atoms with E-state index in [1.54, 1.807) is 6.26 Å². The van der Waals surface area contributed by atoms with Gasteiger partial charge in [0.1, 0.15) is 5.58 Å². The van der Waals surface area contributed by atoms with Gasteiger partial charge < -0.3 is 19.8 Å². The minimum Gasteiger partial charge on any atom is -0.464 e. The molecule has 1 saturated heterocycles. The van der Waals surface area contributed by atoms with Crippen LogP contribution in [0.4, 0.5) is 0 Å². The van der Waals surface area contributed by atoms with E-state index in [-0.39, 0.29) is 31.4 Å². The Hall–Kier alpha value is -2.83. The zero-order valence-electron chi connectivity index (χ0n) is 15.6. The normalized spacial score (nSPS) is 17.1. The lowest BCUT2D eigenvalue weighted by Gasteiger charge is -2.31. The standard InChI is InChI=1S/C20H24N2O5/c1-12-5-6-16-15(10-27-19(16)13(12)2)8-18(24)26-11-17(23)22-7-3-4-14(9-22)20(21)25/h5-6,10,14H,3-4,7-9,11H2,1-2H3,(H2,21,25)/t14-/m0/s1. The molecule has 0 saturated carbocycles. The van der Waals surface area contributed by atoms with Crippen molar-refractivity contribution in [3.63, 3.8) is 0 Å². The number of furan rings is 1. The van der Waals surface area contributed by atoms with Crippen LogP contribution in [0.25, 0.3) is 11.0 Å². The number of esters is 1. The van der Waals surface area contributed by atoms with Crippen LogP contribution in [0.3, 0.4) is 0 Å². The molecule has 2 N–H and O–H groups in total. The van der Waals surface area contributed by atoms with Crippen LogP contribution in [0.15, 0.2) is 22.8 Å². The fourth-order valence-electron chi connectivity index (χ4n) is 3.40. The zero-order valence-corrected chi connectivity index (χ0v) is 15.6. The molecule has 1 aromatic carbocycles. The van der Waals surface area contributed by atoms with Crippen molar-refractivity contribution in [2.45, 2.75) is 33.1 Å². The Bertz CT molecular complexity index is 886. The van der Waals surface area contributed by atoms with E-state index >= 15 is 0 Å².